The lowest BCUT2D eigenvalue weighted by Gasteiger charge is -2.37. The molecule has 0 atom stereocenters. The van der Waals surface area contributed by atoms with Crippen LogP contribution in [0.3, 0.4) is 0 Å². The quantitative estimate of drug-likeness (QED) is 0.433. The molecule has 1 saturated carbocycles. The molecule has 0 N–H and O–H groups in total. The van der Waals surface area contributed by atoms with Gasteiger partial charge in [0.15, 0.2) is 6.29 Å². The monoisotopic (exact) mass is 450 g/mol. The normalized spacial score (nSPS) is 26.8. The number of hydrogen-bond acceptors (Lipinski definition) is 2. The second-order valence-electron chi connectivity index (χ2n) is 9.14. The van der Waals surface area contributed by atoms with Gasteiger partial charge in [-0.1, -0.05) is 56.9 Å². The Hall–Kier alpha value is -1.92. The van der Waals surface area contributed by atoms with Crippen LogP contribution in [-0.4, -0.2) is 13.2 Å². The molecule has 2 fully saturated rings. The summed E-state index contributed by atoms with van der Waals surface area (Å²) in [5.41, 5.74) is 0.477. The van der Waals surface area contributed by atoms with Crippen LogP contribution in [0.15, 0.2) is 42.5 Å². The smallest absolute Gasteiger partial charge is 0.348 e. The Morgan fingerprint density at radius 2 is 1.53 bits per heavy atom. The van der Waals surface area contributed by atoms with Crippen LogP contribution in [0.25, 0.3) is 11.1 Å². The molecule has 2 aromatic rings. The van der Waals surface area contributed by atoms with Gasteiger partial charge in [0.05, 0.1) is 18.8 Å². The van der Waals surface area contributed by atoms with E-state index in [4.69, 9.17) is 9.47 Å². The van der Waals surface area contributed by atoms with Crippen molar-refractivity contribution in [3.8, 4) is 11.1 Å². The maximum Gasteiger partial charge on any atom is 0.416 e. The number of rotatable bonds is 5. The third-order valence-corrected chi connectivity index (χ3v) is 6.97. The molecular formula is C26H30F4O2. The van der Waals surface area contributed by atoms with Crippen LogP contribution < -0.4 is 0 Å². The minimum atomic E-state index is -4.41. The first kappa shape index (κ1) is 23.2. The van der Waals surface area contributed by atoms with E-state index in [2.05, 4.69) is 6.92 Å². The van der Waals surface area contributed by atoms with Gasteiger partial charge < -0.3 is 9.47 Å². The van der Waals surface area contributed by atoms with E-state index in [1.807, 2.05) is 0 Å². The van der Waals surface area contributed by atoms with Crippen molar-refractivity contribution in [2.75, 3.05) is 13.2 Å². The van der Waals surface area contributed by atoms with Gasteiger partial charge in [-0.3, -0.25) is 0 Å². The Balaban J connectivity index is 1.35. The number of halogens is 4. The summed E-state index contributed by atoms with van der Waals surface area (Å²) in [4.78, 5) is 0. The Morgan fingerprint density at radius 1 is 0.875 bits per heavy atom. The van der Waals surface area contributed by atoms with Crippen LogP contribution in [0.1, 0.15) is 62.9 Å². The fourth-order valence-corrected chi connectivity index (χ4v) is 5.09. The molecule has 0 amide bonds. The highest BCUT2D eigenvalue weighted by molar-refractivity contribution is 5.65. The van der Waals surface area contributed by atoms with E-state index in [-0.39, 0.29) is 5.56 Å². The SMILES string of the molecule is CCCC1CCC(C2COC(c3ccc(-c4ccc(C(F)(F)F)cc4)c(F)c3)OC2)CC1. The molecule has 174 valence electrons. The molecule has 32 heavy (non-hydrogen) atoms. The van der Waals surface area contributed by atoms with E-state index < -0.39 is 23.8 Å². The van der Waals surface area contributed by atoms with Gasteiger partial charge >= 0.3 is 6.18 Å². The van der Waals surface area contributed by atoms with Crippen molar-refractivity contribution in [2.45, 2.75) is 57.9 Å². The van der Waals surface area contributed by atoms with Gasteiger partial charge in [0.25, 0.3) is 0 Å². The van der Waals surface area contributed by atoms with Crippen LogP contribution in [-0.2, 0) is 15.7 Å². The lowest BCUT2D eigenvalue weighted by molar-refractivity contribution is -0.214. The molecule has 0 unspecified atom stereocenters. The van der Waals surface area contributed by atoms with Gasteiger partial charge in [-0.2, -0.15) is 13.2 Å². The average molecular weight is 451 g/mol. The standard InChI is InChI=1S/C26H30F4O2/c1-2-3-17-4-6-18(7-5-17)21-15-31-25(32-16-21)20-10-13-23(24(27)14-20)19-8-11-22(12-9-19)26(28,29)30/h8-14,17-18,21,25H,2-7,15-16H2,1H3. The number of benzene rings is 2. The Bertz CT molecular complexity index is 878. The lowest BCUT2D eigenvalue weighted by Crippen LogP contribution is -2.34. The lowest BCUT2D eigenvalue weighted by atomic mass is 9.75. The highest BCUT2D eigenvalue weighted by Crippen LogP contribution is 2.39. The van der Waals surface area contributed by atoms with Crippen LogP contribution in [0.5, 0.6) is 0 Å². The molecule has 2 aliphatic rings. The number of alkyl halides is 3. The molecule has 2 aromatic carbocycles. The summed E-state index contributed by atoms with van der Waals surface area (Å²) >= 11 is 0. The first-order valence-electron chi connectivity index (χ1n) is 11.6. The second kappa shape index (κ2) is 9.92. The Morgan fingerprint density at radius 3 is 2.09 bits per heavy atom. The van der Waals surface area contributed by atoms with E-state index in [1.165, 1.54) is 56.7 Å². The molecule has 4 rings (SSSR count). The van der Waals surface area contributed by atoms with Gasteiger partial charge in [-0.15, -0.1) is 0 Å². The minimum Gasteiger partial charge on any atom is -0.348 e. The van der Waals surface area contributed by atoms with Gasteiger partial charge in [0.2, 0.25) is 0 Å². The van der Waals surface area contributed by atoms with Crippen molar-refractivity contribution in [1.29, 1.82) is 0 Å². The predicted molar refractivity (Wildman–Crippen MR) is 115 cm³/mol. The van der Waals surface area contributed by atoms with Crippen molar-refractivity contribution in [3.05, 3.63) is 59.4 Å². The molecule has 2 nitrogen and oxygen atoms in total. The fraction of sp³-hybridized carbons (Fsp3) is 0.538. The molecule has 1 heterocycles. The summed E-state index contributed by atoms with van der Waals surface area (Å²) in [5, 5.41) is 0. The molecule has 0 aromatic heterocycles. The number of ether oxygens (including phenoxy) is 2. The molecule has 1 aliphatic carbocycles. The summed E-state index contributed by atoms with van der Waals surface area (Å²) in [6.07, 6.45) is 2.57. The average Bonchev–Trinajstić information content (AvgIpc) is 2.79. The van der Waals surface area contributed by atoms with E-state index in [0.717, 1.165) is 18.1 Å². The topological polar surface area (TPSA) is 18.5 Å². The van der Waals surface area contributed by atoms with Crippen molar-refractivity contribution in [2.24, 2.45) is 17.8 Å². The van der Waals surface area contributed by atoms with Gasteiger partial charge in [-0.05, 0) is 48.4 Å². The van der Waals surface area contributed by atoms with E-state index in [0.29, 0.717) is 36.2 Å². The molecular weight excluding hydrogens is 420 g/mol. The van der Waals surface area contributed by atoms with Crippen molar-refractivity contribution >= 4 is 0 Å². The van der Waals surface area contributed by atoms with Crippen LogP contribution in [0.4, 0.5) is 17.6 Å². The van der Waals surface area contributed by atoms with Crippen molar-refractivity contribution in [1.82, 2.24) is 0 Å². The molecule has 1 saturated heterocycles. The van der Waals surface area contributed by atoms with Crippen molar-refractivity contribution in [3.63, 3.8) is 0 Å². The molecule has 0 spiro atoms. The second-order valence-corrected chi connectivity index (χ2v) is 9.14. The van der Waals surface area contributed by atoms with E-state index in [1.54, 1.807) is 12.1 Å². The highest BCUT2D eigenvalue weighted by atomic mass is 19.4. The first-order valence-corrected chi connectivity index (χ1v) is 11.6. The summed E-state index contributed by atoms with van der Waals surface area (Å²) < 4.78 is 64.9. The summed E-state index contributed by atoms with van der Waals surface area (Å²) in [6.45, 7) is 3.46. The maximum atomic E-state index is 14.8. The van der Waals surface area contributed by atoms with E-state index >= 15 is 0 Å². The zero-order valence-electron chi connectivity index (χ0n) is 18.3. The summed E-state index contributed by atoms with van der Waals surface area (Å²) in [7, 11) is 0. The molecule has 1 aliphatic heterocycles. The third kappa shape index (κ3) is 5.34. The molecule has 6 heteroatoms. The first-order chi connectivity index (χ1) is 15.3. The van der Waals surface area contributed by atoms with Crippen LogP contribution in [0, 0.1) is 23.6 Å². The van der Waals surface area contributed by atoms with E-state index in [9.17, 15) is 17.6 Å². The van der Waals surface area contributed by atoms with Gasteiger partial charge in [-0.25, -0.2) is 4.39 Å². The summed E-state index contributed by atoms with van der Waals surface area (Å²) in [6, 6.07) is 9.15. The Kier molecular flexibility index (Phi) is 7.21. The van der Waals surface area contributed by atoms with Crippen LogP contribution in [0.2, 0.25) is 0 Å². The third-order valence-electron chi connectivity index (χ3n) is 6.97. The summed E-state index contributed by atoms with van der Waals surface area (Å²) in [5.74, 6) is 1.36. The van der Waals surface area contributed by atoms with Gasteiger partial charge in [0.1, 0.15) is 5.82 Å². The number of hydrogen-bond donors (Lipinski definition) is 0. The zero-order chi connectivity index (χ0) is 22.7. The highest BCUT2D eigenvalue weighted by Gasteiger charge is 2.33. The molecule has 0 radical (unpaired) electrons. The fourth-order valence-electron chi connectivity index (χ4n) is 5.09. The molecule has 0 bridgehead atoms. The Labute approximate surface area is 186 Å². The maximum absolute atomic E-state index is 14.8. The zero-order valence-corrected chi connectivity index (χ0v) is 18.3. The van der Waals surface area contributed by atoms with Crippen molar-refractivity contribution < 1.29 is 27.0 Å². The van der Waals surface area contributed by atoms with Crippen LogP contribution >= 0.6 is 0 Å². The largest absolute Gasteiger partial charge is 0.416 e. The van der Waals surface area contributed by atoms with Gasteiger partial charge in [0, 0.05) is 17.0 Å². The predicted octanol–water partition coefficient (Wildman–Crippen LogP) is 7.78. The minimum absolute atomic E-state index is 0.250.